The Hall–Kier alpha value is -0.580. The van der Waals surface area contributed by atoms with Gasteiger partial charge in [-0.1, -0.05) is 28.8 Å². The number of nitrogens with one attached hydrogen (secondary N) is 1. The maximum atomic E-state index is 10.6. The van der Waals surface area contributed by atoms with Crippen LogP contribution in [-0.2, 0) is 0 Å². The van der Waals surface area contributed by atoms with Gasteiger partial charge in [-0.15, -0.1) is 0 Å². The van der Waals surface area contributed by atoms with Crippen molar-refractivity contribution in [2.24, 2.45) is 0 Å². The summed E-state index contributed by atoms with van der Waals surface area (Å²) in [7, 11) is 0. The summed E-state index contributed by atoms with van der Waals surface area (Å²) >= 11 is 3.44. The molecule has 3 rings (SSSR count). The molecular weight excluding hydrogens is 378 g/mol. The third-order valence-electron chi connectivity index (χ3n) is 5.99. The summed E-state index contributed by atoms with van der Waals surface area (Å²) in [6.45, 7) is 1.23. The molecule has 2 N–H and O–H groups in total. The topological polar surface area (TPSA) is 33.9 Å². The molecule has 0 radical (unpaired) electrons. The lowest BCUT2D eigenvalue weighted by atomic mass is 9.88. The van der Waals surface area contributed by atoms with Crippen LogP contribution in [0.5, 0.6) is 5.75 Å². The zero-order valence-corrected chi connectivity index (χ0v) is 16.8. The fourth-order valence-electron chi connectivity index (χ4n) is 4.67. The minimum atomic E-state index is -0.387. The van der Waals surface area contributed by atoms with Crippen LogP contribution in [0, 0.1) is 0 Å². The minimum absolute atomic E-state index is 0.387. The molecule has 2 aliphatic carbocycles. The van der Waals surface area contributed by atoms with Crippen molar-refractivity contribution in [3.63, 3.8) is 0 Å². The second-order valence-corrected chi connectivity index (χ2v) is 8.78. The van der Waals surface area contributed by atoms with E-state index in [1.165, 1.54) is 64.2 Å². The average molecular weight is 411 g/mol. The lowest BCUT2D eigenvalue weighted by Gasteiger charge is -2.39. The SMILES string of the molecule is O[C@@H](COc1ccc(Br)cc1)C[NH+](C1CCCCC1)C1CCCCC1. The Bertz CT molecular complexity index is 477. The van der Waals surface area contributed by atoms with Gasteiger partial charge in [-0.05, 0) is 75.6 Å². The molecule has 25 heavy (non-hydrogen) atoms. The Morgan fingerprint density at radius 1 is 0.920 bits per heavy atom. The first kappa shape index (κ1) is 19.2. The van der Waals surface area contributed by atoms with Crippen molar-refractivity contribution in [1.29, 1.82) is 0 Å². The number of hydrogen-bond acceptors (Lipinski definition) is 2. The van der Waals surface area contributed by atoms with Gasteiger partial charge in [-0.3, -0.25) is 0 Å². The van der Waals surface area contributed by atoms with Crippen molar-refractivity contribution < 1.29 is 14.7 Å². The van der Waals surface area contributed by atoms with Gasteiger partial charge in [-0.2, -0.15) is 0 Å². The normalized spacial score (nSPS) is 21.4. The van der Waals surface area contributed by atoms with Crippen LogP contribution in [0.1, 0.15) is 64.2 Å². The first-order chi connectivity index (χ1) is 12.2. The van der Waals surface area contributed by atoms with E-state index in [9.17, 15) is 5.11 Å². The molecule has 0 aliphatic heterocycles. The van der Waals surface area contributed by atoms with Crippen molar-refractivity contribution >= 4 is 15.9 Å². The minimum Gasteiger partial charge on any atom is -0.491 e. The van der Waals surface area contributed by atoms with Crippen LogP contribution < -0.4 is 9.64 Å². The Balaban J connectivity index is 1.55. The number of ether oxygens (including phenoxy) is 1. The van der Waals surface area contributed by atoms with E-state index in [1.54, 1.807) is 4.90 Å². The summed E-state index contributed by atoms with van der Waals surface area (Å²) in [5.74, 6) is 0.833. The molecule has 140 valence electrons. The zero-order valence-electron chi connectivity index (χ0n) is 15.3. The Morgan fingerprint density at radius 2 is 1.44 bits per heavy atom. The molecule has 3 nitrogen and oxygen atoms in total. The van der Waals surface area contributed by atoms with Crippen molar-refractivity contribution in [3.8, 4) is 5.75 Å². The van der Waals surface area contributed by atoms with E-state index in [4.69, 9.17) is 4.74 Å². The number of rotatable bonds is 7. The summed E-state index contributed by atoms with van der Waals surface area (Å²) in [5, 5.41) is 10.6. The van der Waals surface area contributed by atoms with Crippen LogP contribution in [0.3, 0.4) is 0 Å². The lowest BCUT2D eigenvalue weighted by Crippen LogP contribution is -3.20. The highest BCUT2D eigenvalue weighted by Gasteiger charge is 2.33. The first-order valence-electron chi connectivity index (χ1n) is 10.1. The highest BCUT2D eigenvalue weighted by molar-refractivity contribution is 9.10. The number of halogens is 1. The molecule has 1 atom stereocenters. The molecule has 1 aromatic rings. The van der Waals surface area contributed by atoms with Gasteiger partial charge < -0.3 is 14.7 Å². The second kappa shape index (κ2) is 9.94. The van der Waals surface area contributed by atoms with E-state index in [-0.39, 0.29) is 6.10 Å². The molecule has 2 aliphatic rings. The van der Waals surface area contributed by atoms with E-state index in [2.05, 4.69) is 15.9 Å². The fraction of sp³-hybridized carbons (Fsp3) is 0.714. The molecule has 1 aromatic carbocycles. The maximum Gasteiger partial charge on any atom is 0.137 e. The van der Waals surface area contributed by atoms with Gasteiger partial charge in [0.25, 0.3) is 0 Å². The highest BCUT2D eigenvalue weighted by atomic mass is 79.9. The smallest absolute Gasteiger partial charge is 0.137 e. The largest absolute Gasteiger partial charge is 0.491 e. The van der Waals surface area contributed by atoms with E-state index in [0.29, 0.717) is 6.61 Å². The van der Waals surface area contributed by atoms with E-state index in [0.717, 1.165) is 28.9 Å². The van der Waals surface area contributed by atoms with E-state index >= 15 is 0 Å². The van der Waals surface area contributed by atoms with E-state index < -0.39 is 0 Å². The summed E-state index contributed by atoms with van der Waals surface area (Å²) in [5.41, 5.74) is 0. The Kier molecular flexibility index (Phi) is 7.63. The molecule has 0 spiro atoms. The summed E-state index contributed by atoms with van der Waals surface area (Å²) in [6.07, 6.45) is 13.2. The molecule has 4 heteroatoms. The molecule has 2 fully saturated rings. The number of aliphatic hydroxyl groups excluding tert-OH is 1. The van der Waals surface area contributed by atoms with Crippen LogP contribution in [0.15, 0.2) is 28.7 Å². The van der Waals surface area contributed by atoms with Crippen molar-refractivity contribution in [1.82, 2.24) is 0 Å². The van der Waals surface area contributed by atoms with Crippen LogP contribution >= 0.6 is 15.9 Å². The summed E-state index contributed by atoms with van der Waals surface area (Å²) in [4.78, 5) is 1.67. The third kappa shape index (κ3) is 5.97. The zero-order chi connectivity index (χ0) is 17.5. The van der Waals surface area contributed by atoms with Gasteiger partial charge in [0.1, 0.15) is 25.0 Å². The van der Waals surface area contributed by atoms with Gasteiger partial charge in [0, 0.05) is 4.47 Å². The van der Waals surface area contributed by atoms with E-state index in [1.807, 2.05) is 24.3 Å². The average Bonchev–Trinajstić information content (AvgIpc) is 2.67. The Labute approximate surface area is 160 Å². The molecule has 0 saturated heterocycles. The molecule has 0 bridgehead atoms. The number of quaternary nitrogens is 1. The Morgan fingerprint density at radius 3 is 1.96 bits per heavy atom. The van der Waals surface area contributed by atoms with Gasteiger partial charge in [0.05, 0.1) is 12.1 Å². The van der Waals surface area contributed by atoms with Crippen LogP contribution in [-0.4, -0.2) is 36.4 Å². The third-order valence-corrected chi connectivity index (χ3v) is 6.52. The predicted octanol–water partition coefficient (Wildman–Crippen LogP) is 3.74. The molecule has 2 saturated carbocycles. The quantitative estimate of drug-likeness (QED) is 0.717. The molecule has 0 unspecified atom stereocenters. The molecule has 0 heterocycles. The van der Waals surface area contributed by atoms with Crippen molar-refractivity contribution in [3.05, 3.63) is 28.7 Å². The lowest BCUT2D eigenvalue weighted by molar-refractivity contribution is -0.955. The monoisotopic (exact) mass is 410 g/mol. The van der Waals surface area contributed by atoms with Crippen LogP contribution in [0.4, 0.5) is 0 Å². The summed E-state index contributed by atoms with van der Waals surface area (Å²) < 4.78 is 6.86. The fourth-order valence-corrected chi connectivity index (χ4v) is 4.93. The van der Waals surface area contributed by atoms with Gasteiger partial charge in [-0.25, -0.2) is 0 Å². The van der Waals surface area contributed by atoms with Crippen molar-refractivity contribution in [2.45, 2.75) is 82.4 Å². The first-order valence-corrected chi connectivity index (χ1v) is 10.9. The van der Waals surface area contributed by atoms with Crippen LogP contribution in [0.2, 0.25) is 0 Å². The maximum absolute atomic E-state index is 10.6. The number of aliphatic hydroxyl groups is 1. The highest BCUT2D eigenvalue weighted by Crippen LogP contribution is 2.20. The number of benzene rings is 1. The van der Waals surface area contributed by atoms with Gasteiger partial charge in [0.2, 0.25) is 0 Å². The number of hydrogen-bond donors (Lipinski definition) is 2. The molecular formula is C21H33BrNO2+. The predicted molar refractivity (Wildman–Crippen MR) is 105 cm³/mol. The molecule has 0 aromatic heterocycles. The summed E-state index contributed by atoms with van der Waals surface area (Å²) in [6, 6.07) is 9.35. The van der Waals surface area contributed by atoms with Gasteiger partial charge in [0.15, 0.2) is 0 Å². The second-order valence-electron chi connectivity index (χ2n) is 7.87. The standard InChI is InChI=1S/C21H32BrNO2/c22-17-11-13-21(14-12-17)25-16-20(24)15-23(18-7-3-1-4-8-18)19-9-5-2-6-10-19/h11-14,18-20,24H,1-10,15-16H2/p+1/t20-/m1/s1. The van der Waals surface area contributed by atoms with Gasteiger partial charge >= 0.3 is 0 Å². The molecule has 0 amide bonds. The van der Waals surface area contributed by atoms with Crippen LogP contribution in [0.25, 0.3) is 0 Å². The van der Waals surface area contributed by atoms with Crippen molar-refractivity contribution in [2.75, 3.05) is 13.2 Å².